The van der Waals surface area contributed by atoms with Crippen LogP contribution in [0.25, 0.3) is 99.5 Å². The molecule has 6 aromatic carbocycles. The molecule has 10 aromatic rings. The van der Waals surface area contributed by atoms with Crippen molar-refractivity contribution in [1.29, 1.82) is 0 Å². The van der Waals surface area contributed by atoms with Crippen LogP contribution in [0, 0.1) is 0 Å². The molecule has 0 radical (unpaired) electrons. The fourth-order valence-corrected chi connectivity index (χ4v) is 8.27. The first-order valence-electron chi connectivity index (χ1n) is 20.8. The van der Waals surface area contributed by atoms with Gasteiger partial charge in [-0.05, 0) is 57.6 Å². The highest BCUT2D eigenvalue weighted by Gasteiger charge is 2.19. The second kappa shape index (κ2) is 14.4. The fourth-order valence-electron chi connectivity index (χ4n) is 8.27. The molecule has 0 atom stereocenters. The number of rotatable bonds is 5. The van der Waals surface area contributed by atoms with Crippen LogP contribution in [0.15, 0.2) is 170 Å². The predicted octanol–water partition coefficient (Wildman–Crippen LogP) is 14.8. The molecule has 0 aliphatic rings. The average molecular weight is 775 g/mol. The van der Waals surface area contributed by atoms with E-state index >= 15 is 0 Å². The van der Waals surface area contributed by atoms with Gasteiger partial charge in [0.15, 0.2) is 0 Å². The van der Waals surface area contributed by atoms with Gasteiger partial charge in [-0.3, -0.25) is 0 Å². The zero-order valence-corrected chi connectivity index (χ0v) is 35.0. The van der Waals surface area contributed by atoms with E-state index in [9.17, 15) is 0 Å². The molecule has 0 saturated carbocycles. The third kappa shape index (κ3) is 6.78. The van der Waals surface area contributed by atoms with E-state index in [1.807, 2.05) is 0 Å². The zero-order valence-electron chi connectivity index (χ0n) is 35.0. The molecule has 0 bridgehead atoms. The fraction of sp³-hybridized carbons (Fsp3) is 0.143. The maximum absolute atomic E-state index is 5.20. The van der Waals surface area contributed by atoms with E-state index in [1.54, 1.807) is 0 Å². The first kappa shape index (κ1) is 37.2. The van der Waals surface area contributed by atoms with Crippen molar-refractivity contribution in [2.24, 2.45) is 0 Å². The Labute approximate surface area is 351 Å². The molecule has 4 heteroatoms. The van der Waals surface area contributed by atoms with Crippen molar-refractivity contribution in [3.63, 3.8) is 0 Å². The minimum Gasteiger partial charge on any atom is -0.250 e. The minimum absolute atomic E-state index is 0.0482. The normalized spacial score (nSPS) is 12.2. The third-order valence-electron chi connectivity index (χ3n) is 11.7. The summed E-state index contributed by atoms with van der Waals surface area (Å²) in [6.07, 6.45) is 0. The van der Waals surface area contributed by atoms with Crippen LogP contribution in [0.5, 0.6) is 0 Å². The van der Waals surface area contributed by atoms with Crippen molar-refractivity contribution in [1.82, 2.24) is 19.9 Å². The van der Waals surface area contributed by atoms with Crippen molar-refractivity contribution in [2.45, 2.75) is 52.4 Å². The molecule has 4 nitrogen and oxygen atoms in total. The summed E-state index contributed by atoms with van der Waals surface area (Å²) in [4.78, 5) is 20.6. The molecule has 4 heterocycles. The van der Waals surface area contributed by atoms with Gasteiger partial charge in [0, 0.05) is 54.9 Å². The van der Waals surface area contributed by atoms with Crippen molar-refractivity contribution >= 4 is 43.6 Å². The van der Waals surface area contributed by atoms with Gasteiger partial charge in [0.25, 0.3) is 0 Å². The topological polar surface area (TPSA) is 51.6 Å². The Morgan fingerprint density at radius 3 is 0.900 bits per heavy atom. The van der Waals surface area contributed by atoms with Gasteiger partial charge in [-0.25, -0.2) is 19.9 Å². The lowest BCUT2D eigenvalue weighted by molar-refractivity contribution is 0.571. The highest BCUT2D eigenvalue weighted by Crippen LogP contribution is 2.40. The highest BCUT2D eigenvalue weighted by atomic mass is 14.8. The SMILES string of the molecule is CC(C)(C)c1ccc2ccc3ccc(-c4ccc(-c5ccccc5-c5ccccc5-c5ccc(-c6ccc7ccc8ccc(C(C)(C)C)nc8c7n6)cc5)cc4)nc3c2n1. The van der Waals surface area contributed by atoms with Crippen molar-refractivity contribution in [2.75, 3.05) is 0 Å². The lowest BCUT2D eigenvalue weighted by Crippen LogP contribution is -2.13. The van der Waals surface area contributed by atoms with E-state index in [0.717, 1.165) is 88.6 Å². The summed E-state index contributed by atoms with van der Waals surface area (Å²) in [5.41, 5.74) is 16.9. The molecule has 0 unspecified atom stereocenters. The molecular weight excluding hydrogens is 729 g/mol. The summed E-state index contributed by atoms with van der Waals surface area (Å²) in [6, 6.07) is 60.7. The number of nitrogens with zero attached hydrogens (tertiary/aromatic N) is 4. The van der Waals surface area contributed by atoms with Crippen molar-refractivity contribution in [3.8, 4) is 55.9 Å². The molecule has 290 valence electrons. The molecule has 0 spiro atoms. The Kier molecular flexibility index (Phi) is 8.91. The summed E-state index contributed by atoms with van der Waals surface area (Å²) in [5, 5.41) is 4.39. The maximum atomic E-state index is 5.20. The van der Waals surface area contributed by atoms with Gasteiger partial charge in [-0.1, -0.05) is 187 Å². The van der Waals surface area contributed by atoms with E-state index in [4.69, 9.17) is 19.9 Å². The van der Waals surface area contributed by atoms with E-state index in [0.29, 0.717) is 0 Å². The molecule has 10 rings (SSSR count). The van der Waals surface area contributed by atoms with Crippen molar-refractivity contribution in [3.05, 3.63) is 181 Å². The van der Waals surface area contributed by atoms with Gasteiger partial charge in [0.05, 0.1) is 33.5 Å². The lowest BCUT2D eigenvalue weighted by Gasteiger charge is -2.18. The van der Waals surface area contributed by atoms with Gasteiger partial charge in [-0.2, -0.15) is 0 Å². The van der Waals surface area contributed by atoms with Crippen LogP contribution in [0.3, 0.4) is 0 Å². The Hall–Kier alpha value is -7.04. The first-order chi connectivity index (χ1) is 29.0. The van der Waals surface area contributed by atoms with Crippen LogP contribution in [0.2, 0.25) is 0 Å². The van der Waals surface area contributed by atoms with Crippen LogP contribution in [0.1, 0.15) is 52.9 Å². The largest absolute Gasteiger partial charge is 0.250 e. The summed E-state index contributed by atoms with van der Waals surface area (Å²) in [5.74, 6) is 0. The molecule has 0 amide bonds. The molecule has 0 aliphatic carbocycles. The lowest BCUT2D eigenvalue weighted by atomic mass is 9.89. The number of aromatic nitrogens is 4. The molecule has 60 heavy (non-hydrogen) atoms. The van der Waals surface area contributed by atoms with Gasteiger partial charge in [0.2, 0.25) is 0 Å². The second-order valence-electron chi connectivity index (χ2n) is 17.9. The Morgan fingerprint density at radius 1 is 0.267 bits per heavy atom. The van der Waals surface area contributed by atoms with Crippen LogP contribution >= 0.6 is 0 Å². The Bertz CT molecular complexity index is 3040. The second-order valence-corrected chi connectivity index (χ2v) is 17.9. The smallest absolute Gasteiger partial charge is 0.0972 e. The van der Waals surface area contributed by atoms with Crippen LogP contribution in [0.4, 0.5) is 0 Å². The Balaban J connectivity index is 0.972. The van der Waals surface area contributed by atoms with Gasteiger partial charge < -0.3 is 0 Å². The number of fused-ring (bicyclic) bond motifs is 6. The monoisotopic (exact) mass is 774 g/mol. The summed E-state index contributed by atoms with van der Waals surface area (Å²) < 4.78 is 0. The Morgan fingerprint density at radius 2 is 0.550 bits per heavy atom. The number of hydrogen-bond acceptors (Lipinski definition) is 4. The quantitative estimate of drug-likeness (QED) is 0.163. The molecule has 0 saturated heterocycles. The highest BCUT2D eigenvalue weighted by molar-refractivity contribution is 6.04. The summed E-state index contributed by atoms with van der Waals surface area (Å²) in [7, 11) is 0. The van der Waals surface area contributed by atoms with E-state index in [-0.39, 0.29) is 10.8 Å². The standard InChI is InChI=1S/C56H46N4/c1-55(2,3)49-33-29-41-25-23-39-27-31-47(57-51(39)53(41)59-49)37-19-15-35(16-20-37)43-11-7-9-13-45(43)46-14-10-8-12-44(46)36-17-21-38(22-18-36)48-32-28-40-24-26-42-30-34-50(56(4,5)6)60-54(42)52(40)58-48/h7-34H,1-6H3. The molecule has 0 N–H and O–H groups in total. The molecule has 0 fully saturated rings. The summed E-state index contributed by atoms with van der Waals surface area (Å²) in [6.45, 7) is 13.2. The van der Waals surface area contributed by atoms with E-state index in [2.05, 4.69) is 211 Å². The molecule has 4 aromatic heterocycles. The van der Waals surface area contributed by atoms with E-state index < -0.39 is 0 Å². The van der Waals surface area contributed by atoms with Crippen LogP contribution in [-0.4, -0.2) is 19.9 Å². The van der Waals surface area contributed by atoms with Crippen LogP contribution < -0.4 is 0 Å². The van der Waals surface area contributed by atoms with E-state index in [1.165, 1.54) is 22.3 Å². The molecular formula is C56H46N4. The molecule has 0 aliphatic heterocycles. The third-order valence-corrected chi connectivity index (χ3v) is 11.7. The maximum Gasteiger partial charge on any atom is 0.0972 e. The van der Waals surface area contributed by atoms with Crippen LogP contribution in [-0.2, 0) is 10.8 Å². The number of pyridine rings is 4. The summed E-state index contributed by atoms with van der Waals surface area (Å²) >= 11 is 0. The first-order valence-corrected chi connectivity index (χ1v) is 20.8. The average Bonchev–Trinajstić information content (AvgIpc) is 3.27. The minimum atomic E-state index is -0.0482. The number of hydrogen-bond donors (Lipinski definition) is 0. The van der Waals surface area contributed by atoms with Gasteiger partial charge in [0.1, 0.15) is 0 Å². The zero-order chi connectivity index (χ0) is 41.2. The van der Waals surface area contributed by atoms with Crippen molar-refractivity contribution < 1.29 is 0 Å². The predicted molar refractivity (Wildman–Crippen MR) is 252 cm³/mol. The van der Waals surface area contributed by atoms with Gasteiger partial charge >= 0.3 is 0 Å². The van der Waals surface area contributed by atoms with Gasteiger partial charge in [-0.15, -0.1) is 0 Å². The number of benzene rings is 6.